The van der Waals surface area contributed by atoms with Crippen molar-refractivity contribution in [1.82, 2.24) is 20.2 Å². The Kier molecular flexibility index (Phi) is 7.46. The highest BCUT2D eigenvalue weighted by molar-refractivity contribution is 7.99. The fourth-order valence-electron chi connectivity index (χ4n) is 2.62. The van der Waals surface area contributed by atoms with Crippen molar-refractivity contribution >= 4 is 29.1 Å². The van der Waals surface area contributed by atoms with Crippen LogP contribution in [0.15, 0.2) is 53.7 Å². The Bertz CT molecular complexity index is 1070. The van der Waals surface area contributed by atoms with Gasteiger partial charge >= 0.3 is 6.36 Å². The highest BCUT2D eigenvalue weighted by Gasteiger charge is 2.31. The minimum absolute atomic E-state index is 0.0389. The minimum atomic E-state index is -4.78. The summed E-state index contributed by atoms with van der Waals surface area (Å²) in [4.78, 5) is 24.1. The zero-order valence-corrected chi connectivity index (χ0v) is 17.6. The number of benzene rings is 2. The van der Waals surface area contributed by atoms with Crippen LogP contribution in [-0.4, -0.2) is 44.0 Å². The number of nitrogens with one attached hydrogen (secondary N) is 1. The van der Waals surface area contributed by atoms with E-state index in [9.17, 15) is 22.8 Å². The maximum absolute atomic E-state index is 12.5. The van der Waals surface area contributed by atoms with Gasteiger partial charge in [0.05, 0.1) is 11.4 Å². The molecule has 1 aromatic heterocycles. The second-order valence-corrected chi connectivity index (χ2v) is 7.44. The van der Waals surface area contributed by atoms with Crippen LogP contribution in [0.1, 0.15) is 30.1 Å². The maximum Gasteiger partial charge on any atom is 0.573 e. The summed E-state index contributed by atoms with van der Waals surface area (Å²) in [6.07, 6.45) is -3.62. The van der Waals surface area contributed by atoms with Gasteiger partial charge in [0.25, 0.3) is 0 Å². The quantitative estimate of drug-likeness (QED) is 0.372. The molecule has 2 aromatic carbocycles. The first-order valence-corrected chi connectivity index (χ1v) is 10.4. The number of aromatic nitrogens is 4. The summed E-state index contributed by atoms with van der Waals surface area (Å²) in [5.41, 5.74) is 1.47. The highest BCUT2D eigenvalue weighted by atomic mass is 32.2. The molecule has 0 saturated carbocycles. The number of carbonyl (C=O) groups is 2. The van der Waals surface area contributed by atoms with Crippen molar-refractivity contribution in [2.75, 3.05) is 11.1 Å². The normalized spacial score (nSPS) is 11.2. The van der Waals surface area contributed by atoms with Gasteiger partial charge in [-0.1, -0.05) is 18.7 Å². The molecule has 1 amide bonds. The number of ether oxygens (including phenoxy) is 1. The zero-order chi connectivity index (χ0) is 23.1. The molecule has 0 radical (unpaired) electrons. The first kappa shape index (κ1) is 23.3. The number of amides is 1. The predicted octanol–water partition coefficient (Wildman–Crippen LogP) is 4.27. The van der Waals surface area contributed by atoms with E-state index < -0.39 is 6.36 Å². The third kappa shape index (κ3) is 6.54. The molecule has 0 bridgehead atoms. The molecule has 1 heterocycles. The Balaban J connectivity index is 1.61. The van der Waals surface area contributed by atoms with Crippen molar-refractivity contribution in [3.8, 4) is 11.4 Å². The lowest BCUT2D eigenvalue weighted by atomic mass is 10.1. The molecule has 3 rings (SSSR count). The Morgan fingerprint density at radius 2 is 1.78 bits per heavy atom. The number of anilines is 1. The molecule has 0 spiro atoms. The summed E-state index contributed by atoms with van der Waals surface area (Å²) in [5, 5.41) is 14.3. The van der Waals surface area contributed by atoms with E-state index >= 15 is 0 Å². The molecule has 168 valence electrons. The molecule has 32 heavy (non-hydrogen) atoms. The molecule has 0 atom stereocenters. The molecule has 0 aliphatic rings. The third-order valence-corrected chi connectivity index (χ3v) is 4.98. The van der Waals surface area contributed by atoms with Gasteiger partial charge < -0.3 is 10.1 Å². The molecular formula is C20H18F3N5O3S. The molecule has 1 N–H and O–H groups in total. The van der Waals surface area contributed by atoms with E-state index in [-0.39, 0.29) is 23.2 Å². The van der Waals surface area contributed by atoms with E-state index in [0.717, 1.165) is 30.3 Å². The van der Waals surface area contributed by atoms with Crippen LogP contribution in [-0.2, 0) is 4.79 Å². The number of halogens is 3. The number of Topliss-reactive ketones (excluding diaryl/α,β-unsaturated/α-hetero) is 1. The monoisotopic (exact) mass is 465 g/mol. The second kappa shape index (κ2) is 10.3. The summed E-state index contributed by atoms with van der Waals surface area (Å²) in [5.74, 6) is -0.595. The van der Waals surface area contributed by atoms with Crippen molar-refractivity contribution in [2.45, 2.75) is 31.3 Å². The Morgan fingerprint density at radius 3 is 2.41 bits per heavy atom. The summed E-state index contributed by atoms with van der Waals surface area (Å²) in [7, 11) is 0. The summed E-state index contributed by atoms with van der Waals surface area (Å²) in [6, 6.07) is 11.6. The molecule has 8 nitrogen and oxygen atoms in total. The van der Waals surface area contributed by atoms with Gasteiger partial charge in [-0.3, -0.25) is 9.59 Å². The van der Waals surface area contributed by atoms with E-state index in [0.29, 0.717) is 28.5 Å². The van der Waals surface area contributed by atoms with Crippen LogP contribution in [0.4, 0.5) is 18.9 Å². The van der Waals surface area contributed by atoms with Crippen LogP contribution in [0.25, 0.3) is 5.69 Å². The van der Waals surface area contributed by atoms with Crippen LogP contribution in [0.5, 0.6) is 5.75 Å². The van der Waals surface area contributed by atoms with Gasteiger partial charge in [0.1, 0.15) is 5.75 Å². The first-order chi connectivity index (χ1) is 15.2. The van der Waals surface area contributed by atoms with Crippen LogP contribution in [0.2, 0.25) is 0 Å². The van der Waals surface area contributed by atoms with Gasteiger partial charge in [-0.2, -0.15) is 4.68 Å². The molecule has 0 aliphatic carbocycles. The number of ketones is 1. The number of rotatable bonds is 9. The highest BCUT2D eigenvalue weighted by Crippen LogP contribution is 2.25. The van der Waals surface area contributed by atoms with Crippen LogP contribution >= 0.6 is 11.8 Å². The molecular weight excluding hydrogens is 447 g/mol. The second-order valence-electron chi connectivity index (χ2n) is 6.50. The van der Waals surface area contributed by atoms with Gasteiger partial charge in [0, 0.05) is 17.7 Å². The largest absolute Gasteiger partial charge is 0.573 e. The minimum Gasteiger partial charge on any atom is -0.406 e. The van der Waals surface area contributed by atoms with Gasteiger partial charge in [-0.25, -0.2) is 0 Å². The van der Waals surface area contributed by atoms with Gasteiger partial charge in [-0.05, 0) is 65.4 Å². The molecule has 0 aliphatic heterocycles. The third-order valence-electron chi connectivity index (χ3n) is 4.06. The lowest BCUT2D eigenvalue weighted by Gasteiger charge is -2.09. The topological polar surface area (TPSA) is 99.0 Å². The van der Waals surface area contributed by atoms with Gasteiger partial charge in [-0.15, -0.1) is 18.3 Å². The molecule has 0 saturated heterocycles. The summed E-state index contributed by atoms with van der Waals surface area (Å²) in [6.45, 7) is 1.91. The fourth-order valence-corrected chi connectivity index (χ4v) is 3.41. The summed E-state index contributed by atoms with van der Waals surface area (Å²) < 4.78 is 42.0. The molecule has 3 aromatic rings. The smallest absolute Gasteiger partial charge is 0.406 e. The zero-order valence-electron chi connectivity index (χ0n) is 16.8. The number of alkyl halides is 3. The number of thioether (sulfide) groups is 1. The maximum atomic E-state index is 12.5. The van der Waals surface area contributed by atoms with E-state index in [1.807, 2.05) is 6.92 Å². The lowest BCUT2D eigenvalue weighted by molar-refractivity contribution is -0.274. The average molecular weight is 465 g/mol. The number of nitrogens with zero attached hydrogens (tertiary/aromatic N) is 4. The SMILES string of the molecule is CCCC(=O)Nc1ccc(C(=O)CSc2nnnn2-c2ccc(OC(F)(F)F)cc2)cc1. The Morgan fingerprint density at radius 1 is 1.09 bits per heavy atom. The van der Waals surface area contributed by atoms with Crippen molar-refractivity contribution in [1.29, 1.82) is 0 Å². The molecule has 0 fully saturated rings. The van der Waals surface area contributed by atoms with Gasteiger partial charge in [0.2, 0.25) is 11.1 Å². The number of tetrazole rings is 1. The van der Waals surface area contributed by atoms with Crippen molar-refractivity contribution in [3.05, 3.63) is 54.1 Å². The van der Waals surface area contributed by atoms with Crippen molar-refractivity contribution in [3.63, 3.8) is 0 Å². The average Bonchev–Trinajstić information content (AvgIpc) is 3.21. The van der Waals surface area contributed by atoms with E-state index in [1.54, 1.807) is 24.3 Å². The molecule has 12 heteroatoms. The van der Waals surface area contributed by atoms with Crippen LogP contribution < -0.4 is 10.1 Å². The predicted molar refractivity (Wildman–Crippen MR) is 111 cm³/mol. The van der Waals surface area contributed by atoms with Crippen molar-refractivity contribution in [2.24, 2.45) is 0 Å². The first-order valence-electron chi connectivity index (χ1n) is 9.45. The Hall–Kier alpha value is -3.41. The number of hydrogen-bond acceptors (Lipinski definition) is 7. The van der Waals surface area contributed by atoms with Crippen LogP contribution in [0.3, 0.4) is 0 Å². The van der Waals surface area contributed by atoms with Crippen molar-refractivity contribution < 1.29 is 27.5 Å². The number of hydrogen-bond donors (Lipinski definition) is 1. The molecule has 0 unspecified atom stereocenters. The van der Waals surface area contributed by atoms with E-state index in [4.69, 9.17) is 0 Å². The van der Waals surface area contributed by atoms with Gasteiger partial charge in [0.15, 0.2) is 5.78 Å². The fraction of sp³-hybridized carbons (Fsp3) is 0.250. The van der Waals surface area contributed by atoms with E-state index in [1.165, 1.54) is 16.8 Å². The standard InChI is InChI=1S/C20H18F3N5O3S/c1-2-3-18(30)24-14-6-4-13(5-7-14)17(29)12-32-19-25-26-27-28(19)15-8-10-16(11-9-15)31-20(21,22)23/h4-11H,2-3,12H2,1H3,(H,24,30). The van der Waals surface area contributed by atoms with Crippen LogP contribution in [0, 0.1) is 0 Å². The van der Waals surface area contributed by atoms with E-state index in [2.05, 4.69) is 25.6 Å². The number of carbonyl (C=O) groups excluding carboxylic acids is 2. The Labute approximate surface area is 185 Å². The summed E-state index contributed by atoms with van der Waals surface area (Å²) >= 11 is 1.08. The lowest BCUT2D eigenvalue weighted by Crippen LogP contribution is -2.17.